The van der Waals surface area contributed by atoms with Crippen LogP contribution < -0.4 is 14.4 Å². The van der Waals surface area contributed by atoms with Crippen molar-refractivity contribution in [1.29, 1.82) is 0 Å². The van der Waals surface area contributed by atoms with Crippen LogP contribution in [0.25, 0.3) is 0 Å². The number of nitrogens with one attached hydrogen (secondary N) is 1. The monoisotopic (exact) mass is 438 g/mol. The van der Waals surface area contributed by atoms with E-state index in [2.05, 4.69) is 5.32 Å². The number of amides is 1. The molecule has 0 bridgehead atoms. The van der Waals surface area contributed by atoms with Crippen molar-refractivity contribution in [3.63, 3.8) is 0 Å². The first kappa shape index (κ1) is 23.0. The molecule has 0 aliphatic carbocycles. The van der Waals surface area contributed by atoms with Gasteiger partial charge in [-0.1, -0.05) is 29.8 Å². The number of carbonyl (C=O) groups excluding carboxylic acids is 1. The average molecular weight is 439 g/mol. The molecule has 0 saturated heterocycles. The second-order valence-corrected chi connectivity index (χ2v) is 9.39. The smallest absolute Gasteiger partial charge is 0.244 e. The van der Waals surface area contributed by atoms with Crippen LogP contribution in [0.1, 0.15) is 36.6 Å². The molecule has 0 aromatic heterocycles. The largest absolute Gasteiger partial charge is 0.495 e. The van der Waals surface area contributed by atoms with Crippen molar-refractivity contribution in [2.75, 3.05) is 17.7 Å². The highest BCUT2D eigenvalue weighted by molar-refractivity contribution is 7.92. The van der Waals surface area contributed by atoms with Crippen LogP contribution in [0, 0.1) is 13.8 Å². The van der Waals surface area contributed by atoms with E-state index < -0.39 is 22.0 Å². The maximum atomic E-state index is 12.9. The maximum absolute atomic E-state index is 12.9. The molecule has 0 spiro atoms. The number of hydrogen-bond donors (Lipinski definition) is 1. The average Bonchev–Trinajstić information content (AvgIpc) is 2.63. The molecule has 0 saturated carbocycles. The molecule has 6 nitrogen and oxygen atoms in total. The van der Waals surface area contributed by atoms with Crippen molar-refractivity contribution in [3.8, 4) is 5.75 Å². The Morgan fingerprint density at radius 1 is 1.10 bits per heavy atom. The Morgan fingerprint density at radius 2 is 1.76 bits per heavy atom. The van der Waals surface area contributed by atoms with Gasteiger partial charge < -0.3 is 10.1 Å². The molecule has 0 aliphatic rings. The fraction of sp³-hybridized carbons (Fsp3) is 0.381. The molecule has 2 aromatic rings. The van der Waals surface area contributed by atoms with E-state index in [4.69, 9.17) is 16.3 Å². The summed E-state index contributed by atoms with van der Waals surface area (Å²) in [5.41, 5.74) is 3.54. The third-order valence-corrected chi connectivity index (χ3v) is 6.41. The predicted molar refractivity (Wildman–Crippen MR) is 117 cm³/mol. The molecule has 0 unspecified atom stereocenters. The van der Waals surface area contributed by atoms with E-state index >= 15 is 0 Å². The minimum absolute atomic E-state index is 0.259. The fourth-order valence-corrected chi connectivity index (χ4v) is 4.47. The SMILES string of the molecule is COc1ccc(N([C@@H](C)C(=O)N[C@H](C)c2ccc(C)c(C)c2)S(C)(=O)=O)cc1Cl. The van der Waals surface area contributed by atoms with Crippen LogP contribution in [0.4, 0.5) is 5.69 Å². The van der Waals surface area contributed by atoms with E-state index in [1.54, 1.807) is 19.1 Å². The summed E-state index contributed by atoms with van der Waals surface area (Å²) in [6.07, 6.45) is 1.06. The van der Waals surface area contributed by atoms with Crippen molar-refractivity contribution in [1.82, 2.24) is 5.32 Å². The Balaban J connectivity index is 2.29. The zero-order valence-electron chi connectivity index (χ0n) is 17.5. The predicted octanol–water partition coefficient (Wildman–Crippen LogP) is 4.00. The van der Waals surface area contributed by atoms with Gasteiger partial charge in [0.15, 0.2) is 0 Å². The molecule has 0 aliphatic heterocycles. The lowest BCUT2D eigenvalue weighted by Crippen LogP contribution is -2.48. The van der Waals surface area contributed by atoms with Gasteiger partial charge in [0, 0.05) is 0 Å². The van der Waals surface area contributed by atoms with Crippen molar-refractivity contribution < 1.29 is 17.9 Å². The van der Waals surface area contributed by atoms with Crippen molar-refractivity contribution in [2.45, 2.75) is 39.8 Å². The van der Waals surface area contributed by atoms with Gasteiger partial charge in [0.1, 0.15) is 11.8 Å². The second-order valence-electron chi connectivity index (χ2n) is 7.13. The quantitative estimate of drug-likeness (QED) is 0.708. The van der Waals surface area contributed by atoms with Gasteiger partial charge in [0.2, 0.25) is 15.9 Å². The van der Waals surface area contributed by atoms with Gasteiger partial charge in [0.25, 0.3) is 0 Å². The van der Waals surface area contributed by atoms with Crippen LogP contribution in [-0.2, 0) is 14.8 Å². The number of nitrogens with zero attached hydrogens (tertiary/aromatic N) is 1. The molecule has 1 amide bonds. The summed E-state index contributed by atoms with van der Waals surface area (Å²) in [6.45, 7) is 7.44. The number of methoxy groups -OCH3 is 1. The third-order valence-electron chi connectivity index (χ3n) is 4.87. The van der Waals surface area contributed by atoms with Crippen LogP contribution in [0.5, 0.6) is 5.75 Å². The van der Waals surface area contributed by atoms with E-state index in [0.717, 1.165) is 21.7 Å². The summed E-state index contributed by atoms with van der Waals surface area (Å²) in [7, 11) is -2.27. The fourth-order valence-electron chi connectivity index (χ4n) is 3.05. The first-order chi connectivity index (χ1) is 13.5. The highest BCUT2D eigenvalue weighted by Crippen LogP contribution is 2.31. The number of hydrogen-bond acceptors (Lipinski definition) is 4. The summed E-state index contributed by atoms with van der Waals surface area (Å²) >= 11 is 6.15. The minimum Gasteiger partial charge on any atom is -0.495 e. The van der Waals surface area contributed by atoms with Gasteiger partial charge in [-0.15, -0.1) is 0 Å². The van der Waals surface area contributed by atoms with Crippen LogP contribution in [0.3, 0.4) is 0 Å². The molecule has 0 heterocycles. The van der Waals surface area contributed by atoms with Crippen molar-refractivity contribution >= 4 is 33.2 Å². The number of carbonyl (C=O) groups is 1. The molecule has 8 heteroatoms. The molecule has 29 heavy (non-hydrogen) atoms. The molecule has 0 radical (unpaired) electrons. The highest BCUT2D eigenvalue weighted by atomic mass is 35.5. The Labute approximate surface area is 177 Å². The number of halogens is 1. The summed E-state index contributed by atoms with van der Waals surface area (Å²) in [4.78, 5) is 12.9. The summed E-state index contributed by atoms with van der Waals surface area (Å²) < 4.78 is 31.1. The summed E-state index contributed by atoms with van der Waals surface area (Å²) in [5, 5.41) is 3.16. The standard InChI is InChI=1S/C21H27ClN2O4S/c1-13-7-8-17(11-14(13)2)15(3)23-21(25)16(4)24(29(6,26)27)18-9-10-20(28-5)19(22)12-18/h7-12,15-16H,1-6H3,(H,23,25)/t15-,16+/m1/s1. The zero-order chi connectivity index (χ0) is 21.9. The van der Waals surface area contributed by atoms with Crippen molar-refractivity contribution in [3.05, 3.63) is 58.1 Å². The molecular weight excluding hydrogens is 412 g/mol. The lowest BCUT2D eigenvalue weighted by molar-refractivity contribution is -0.122. The molecule has 2 aromatic carbocycles. The lowest BCUT2D eigenvalue weighted by atomic mass is 10.0. The first-order valence-corrected chi connectivity index (χ1v) is 11.4. The Bertz CT molecular complexity index is 1010. The van der Waals surface area contributed by atoms with Gasteiger partial charge in [-0.25, -0.2) is 8.42 Å². The molecular formula is C21H27ClN2O4S. The summed E-state index contributed by atoms with van der Waals surface area (Å²) in [5.74, 6) is 0.0115. The Hall–Kier alpha value is -2.25. The number of rotatable bonds is 7. The minimum atomic E-state index is -3.74. The normalized spacial score (nSPS) is 13.5. The number of sulfonamides is 1. The number of anilines is 1. The van der Waals surface area contributed by atoms with E-state index in [1.807, 2.05) is 39.0 Å². The molecule has 1 N–H and O–H groups in total. The second kappa shape index (κ2) is 9.05. The lowest BCUT2D eigenvalue weighted by Gasteiger charge is -2.29. The van der Waals surface area contributed by atoms with E-state index in [-0.39, 0.29) is 11.1 Å². The topological polar surface area (TPSA) is 75.7 Å². The highest BCUT2D eigenvalue weighted by Gasteiger charge is 2.30. The van der Waals surface area contributed by atoms with Gasteiger partial charge in [-0.05, 0) is 62.6 Å². The van der Waals surface area contributed by atoms with E-state index in [0.29, 0.717) is 11.4 Å². The maximum Gasteiger partial charge on any atom is 0.244 e. The zero-order valence-corrected chi connectivity index (χ0v) is 19.1. The van der Waals surface area contributed by atoms with Gasteiger partial charge in [-0.3, -0.25) is 9.10 Å². The van der Waals surface area contributed by atoms with Crippen LogP contribution in [0.2, 0.25) is 5.02 Å². The number of ether oxygens (including phenoxy) is 1. The molecule has 158 valence electrons. The molecule has 2 atom stereocenters. The van der Waals surface area contributed by atoms with E-state index in [9.17, 15) is 13.2 Å². The third kappa shape index (κ3) is 5.42. The Kier molecular flexibility index (Phi) is 7.19. The number of benzene rings is 2. The van der Waals surface area contributed by atoms with Crippen LogP contribution in [-0.4, -0.2) is 33.7 Å². The molecule has 0 fully saturated rings. The van der Waals surface area contributed by atoms with E-state index in [1.165, 1.54) is 18.7 Å². The van der Waals surface area contributed by atoms with Crippen molar-refractivity contribution in [2.24, 2.45) is 0 Å². The van der Waals surface area contributed by atoms with Gasteiger partial charge >= 0.3 is 0 Å². The van der Waals surface area contributed by atoms with Gasteiger partial charge in [-0.2, -0.15) is 0 Å². The van der Waals surface area contributed by atoms with Crippen LogP contribution in [0.15, 0.2) is 36.4 Å². The number of aryl methyl sites for hydroxylation is 2. The van der Waals surface area contributed by atoms with Crippen LogP contribution >= 0.6 is 11.6 Å². The first-order valence-electron chi connectivity index (χ1n) is 9.16. The molecule has 2 rings (SSSR count). The Morgan fingerprint density at radius 3 is 2.28 bits per heavy atom. The summed E-state index contributed by atoms with van der Waals surface area (Å²) in [6, 6.07) is 9.32. The van der Waals surface area contributed by atoms with Gasteiger partial charge in [0.05, 0.1) is 30.1 Å².